The van der Waals surface area contributed by atoms with E-state index in [-0.39, 0.29) is 5.91 Å². The molecule has 0 aliphatic heterocycles. The Kier molecular flexibility index (Phi) is 3.62. The second-order valence-corrected chi connectivity index (χ2v) is 4.04. The SMILES string of the molecule is Cc1c(N)cccc1C(=O)NCCn1cccn1. The minimum atomic E-state index is -0.105. The molecule has 1 aromatic carbocycles. The Morgan fingerprint density at radius 1 is 1.44 bits per heavy atom. The molecule has 2 aromatic rings. The van der Waals surface area contributed by atoms with Crippen molar-refractivity contribution in [3.8, 4) is 0 Å². The Balaban J connectivity index is 1.93. The summed E-state index contributed by atoms with van der Waals surface area (Å²) in [6.45, 7) is 3.03. The highest BCUT2D eigenvalue weighted by Crippen LogP contribution is 2.14. The number of anilines is 1. The van der Waals surface area contributed by atoms with Crippen LogP contribution in [0.3, 0.4) is 0 Å². The number of rotatable bonds is 4. The maximum atomic E-state index is 11.9. The van der Waals surface area contributed by atoms with Gasteiger partial charge < -0.3 is 11.1 Å². The quantitative estimate of drug-likeness (QED) is 0.794. The molecule has 94 valence electrons. The van der Waals surface area contributed by atoms with Crippen molar-refractivity contribution in [3.63, 3.8) is 0 Å². The standard InChI is InChI=1S/C13H16N4O/c1-10-11(4-2-5-12(10)14)13(18)15-7-9-17-8-3-6-16-17/h2-6,8H,7,9,14H2,1H3,(H,15,18). The zero-order valence-electron chi connectivity index (χ0n) is 10.3. The Bertz CT molecular complexity index is 534. The van der Waals surface area contributed by atoms with Crippen LogP contribution in [0.1, 0.15) is 15.9 Å². The third-order valence-electron chi connectivity index (χ3n) is 2.81. The van der Waals surface area contributed by atoms with E-state index in [1.165, 1.54) is 0 Å². The van der Waals surface area contributed by atoms with Gasteiger partial charge in [0.1, 0.15) is 0 Å². The summed E-state index contributed by atoms with van der Waals surface area (Å²) < 4.78 is 1.77. The van der Waals surface area contributed by atoms with Crippen molar-refractivity contribution in [2.24, 2.45) is 0 Å². The molecule has 18 heavy (non-hydrogen) atoms. The van der Waals surface area contributed by atoms with Crippen LogP contribution in [0.5, 0.6) is 0 Å². The van der Waals surface area contributed by atoms with E-state index < -0.39 is 0 Å². The summed E-state index contributed by atoms with van der Waals surface area (Å²) in [5, 5.41) is 6.91. The molecule has 0 bridgehead atoms. The van der Waals surface area contributed by atoms with E-state index in [0.29, 0.717) is 24.3 Å². The van der Waals surface area contributed by atoms with Gasteiger partial charge in [0, 0.05) is 30.2 Å². The van der Waals surface area contributed by atoms with Gasteiger partial charge in [-0.25, -0.2) is 0 Å². The first kappa shape index (κ1) is 12.2. The summed E-state index contributed by atoms with van der Waals surface area (Å²) in [7, 11) is 0. The molecule has 0 saturated carbocycles. The van der Waals surface area contributed by atoms with E-state index >= 15 is 0 Å². The van der Waals surface area contributed by atoms with Gasteiger partial charge in [-0.15, -0.1) is 0 Å². The number of nitrogens with two attached hydrogens (primary N) is 1. The van der Waals surface area contributed by atoms with Gasteiger partial charge in [-0.3, -0.25) is 9.48 Å². The predicted molar refractivity (Wildman–Crippen MR) is 70.2 cm³/mol. The molecule has 0 fully saturated rings. The first-order valence-electron chi connectivity index (χ1n) is 5.79. The highest BCUT2D eigenvalue weighted by atomic mass is 16.1. The van der Waals surface area contributed by atoms with Crippen molar-refractivity contribution in [2.45, 2.75) is 13.5 Å². The molecule has 1 amide bonds. The fourth-order valence-electron chi connectivity index (χ4n) is 1.71. The topological polar surface area (TPSA) is 72.9 Å². The van der Waals surface area contributed by atoms with Crippen molar-refractivity contribution < 1.29 is 4.79 Å². The third-order valence-corrected chi connectivity index (χ3v) is 2.81. The maximum absolute atomic E-state index is 11.9. The summed E-state index contributed by atoms with van der Waals surface area (Å²) in [5.74, 6) is -0.105. The number of benzene rings is 1. The monoisotopic (exact) mass is 244 g/mol. The first-order chi connectivity index (χ1) is 8.68. The minimum Gasteiger partial charge on any atom is -0.398 e. The van der Waals surface area contributed by atoms with Gasteiger partial charge in [0.2, 0.25) is 0 Å². The van der Waals surface area contributed by atoms with Crippen molar-refractivity contribution in [1.29, 1.82) is 0 Å². The van der Waals surface area contributed by atoms with Crippen LogP contribution < -0.4 is 11.1 Å². The lowest BCUT2D eigenvalue weighted by Crippen LogP contribution is -2.28. The number of amides is 1. The molecule has 0 atom stereocenters. The molecule has 0 unspecified atom stereocenters. The average Bonchev–Trinajstić information content (AvgIpc) is 2.85. The number of hydrogen-bond donors (Lipinski definition) is 2. The van der Waals surface area contributed by atoms with Crippen LogP contribution in [0.15, 0.2) is 36.7 Å². The number of aromatic nitrogens is 2. The summed E-state index contributed by atoms with van der Waals surface area (Å²) >= 11 is 0. The molecule has 1 aromatic heterocycles. The van der Waals surface area contributed by atoms with E-state index in [1.807, 2.05) is 19.2 Å². The van der Waals surface area contributed by atoms with Crippen LogP contribution in [-0.4, -0.2) is 22.2 Å². The fourth-order valence-corrected chi connectivity index (χ4v) is 1.71. The molecular weight excluding hydrogens is 228 g/mol. The number of nitrogen functional groups attached to an aromatic ring is 1. The molecule has 5 nitrogen and oxygen atoms in total. The van der Waals surface area contributed by atoms with E-state index in [4.69, 9.17) is 5.73 Å². The second kappa shape index (κ2) is 5.35. The molecule has 5 heteroatoms. The molecule has 3 N–H and O–H groups in total. The molecule has 0 spiro atoms. The van der Waals surface area contributed by atoms with Crippen LogP contribution in [0.25, 0.3) is 0 Å². The van der Waals surface area contributed by atoms with Gasteiger partial charge in [-0.1, -0.05) is 6.07 Å². The first-order valence-corrected chi connectivity index (χ1v) is 5.79. The van der Waals surface area contributed by atoms with Gasteiger partial charge in [0.05, 0.1) is 6.54 Å². The Morgan fingerprint density at radius 2 is 2.28 bits per heavy atom. The zero-order valence-corrected chi connectivity index (χ0v) is 10.3. The molecule has 0 aliphatic carbocycles. The number of carbonyl (C=O) groups is 1. The highest BCUT2D eigenvalue weighted by molar-refractivity contribution is 5.96. The molecule has 0 radical (unpaired) electrons. The van der Waals surface area contributed by atoms with E-state index in [9.17, 15) is 4.79 Å². The highest BCUT2D eigenvalue weighted by Gasteiger charge is 2.09. The molecular formula is C13H16N4O. The lowest BCUT2D eigenvalue weighted by Gasteiger charge is -2.09. The number of nitrogens with one attached hydrogen (secondary N) is 1. The van der Waals surface area contributed by atoms with Crippen molar-refractivity contribution in [3.05, 3.63) is 47.8 Å². The lowest BCUT2D eigenvalue weighted by molar-refractivity contribution is 0.0951. The number of carbonyl (C=O) groups excluding carboxylic acids is 1. The van der Waals surface area contributed by atoms with Crippen LogP contribution in [0.4, 0.5) is 5.69 Å². The average molecular weight is 244 g/mol. The molecule has 2 rings (SSSR count). The summed E-state index contributed by atoms with van der Waals surface area (Å²) in [6, 6.07) is 7.19. The zero-order chi connectivity index (χ0) is 13.0. The summed E-state index contributed by atoms with van der Waals surface area (Å²) in [6.07, 6.45) is 3.57. The molecule has 0 saturated heterocycles. The largest absolute Gasteiger partial charge is 0.398 e. The summed E-state index contributed by atoms with van der Waals surface area (Å²) in [5.41, 5.74) is 7.84. The van der Waals surface area contributed by atoms with Crippen molar-refractivity contribution >= 4 is 11.6 Å². The number of hydrogen-bond acceptors (Lipinski definition) is 3. The van der Waals surface area contributed by atoms with Gasteiger partial charge in [0.15, 0.2) is 0 Å². The normalized spacial score (nSPS) is 10.3. The van der Waals surface area contributed by atoms with Crippen LogP contribution in [-0.2, 0) is 6.54 Å². The predicted octanol–water partition coefficient (Wildman–Crippen LogP) is 1.20. The Labute approximate surface area is 106 Å². The van der Waals surface area contributed by atoms with Gasteiger partial charge in [0.25, 0.3) is 5.91 Å². The second-order valence-electron chi connectivity index (χ2n) is 4.04. The summed E-state index contributed by atoms with van der Waals surface area (Å²) in [4.78, 5) is 11.9. The molecule has 1 heterocycles. The lowest BCUT2D eigenvalue weighted by atomic mass is 10.1. The van der Waals surface area contributed by atoms with Gasteiger partial charge in [-0.05, 0) is 30.7 Å². The van der Waals surface area contributed by atoms with E-state index in [1.54, 1.807) is 29.1 Å². The third kappa shape index (κ3) is 2.68. The maximum Gasteiger partial charge on any atom is 0.251 e. The van der Waals surface area contributed by atoms with Crippen LogP contribution >= 0.6 is 0 Å². The smallest absolute Gasteiger partial charge is 0.251 e. The fraction of sp³-hybridized carbons (Fsp3) is 0.231. The van der Waals surface area contributed by atoms with E-state index in [0.717, 1.165) is 5.56 Å². The van der Waals surface area contributed by atoms with Crippen molar-refractivity contribution in [2.75, 3.05) is 12.3 Å². The van der Waals surface area contributed by atoms with Crippen LogP contribution in [0.2, 0.25) is 0 Å². The molecule has 0 aliphatic rings. The van der Waals surface area contributed by atoms with Gasteiger partial charge >= 0.3 is 0 Å². The number of nitrogens with zero attached hydrogens (tertiary/aromatic N) is 2. The Morgan fingerprint density at radius 3 is 3.00 bits per heavy atom. The van der Waals surface area contributed by atoms with Crippen LogP contribution in [0, 0.1) is 6.92 Å². The minimum absolute atomic E-state index is 0.105. The Hall–Kier alpha value is -2.30. The van der Waals surface area contributed by atoms with Crippen molar-refractivity contribution in [1.82, 2.24) is 15.1 Å². The van der Waals surface area contributed by atoms with E-state index in [2.05, 4.69) is 10.4 Å². The van der Waals surface area contributed by atoms with Gasteiger partial charge in [-0.2, -0.15) is 5.10 Å².